The number of pyridine rings is 1. The zero-order chi connectivity index (χ0) is 9.26. The van der Waals surface area contributed by atoms with Crippen LogP contribution < -0.4 is 0 Å². The van der Waals surface area contributed by atoms with E-state index in [1.54, 1.807) is 0 Å². The average molecular weight is 171 g/mol. The lowest BCUT2D eigenvalue weighted by Gasteiger charge is -2.14. The van der Waals surface area contributed by atoms with Gasteiger partial charge in [0, 0.05) is 18.2 Å². The summed E-state index contributed by atoms with van der Waals surface area (Å²) in [4.78, 5) is 4.39. The van der Waals surface area contributed by atoms with E-state index in [4.69, 9.17) is 0 Å². The van der Waals surface area contributed by atoms with Crippen LogP contribution in [0.15, 0.2) is 30.5 Å². The molecule has 0 bridgehead atoms. The normalized spacial score (nSPS) is 17.5. The Bertz CT molecular complexity index is 386. The number of nitrogens with zero attached hydrogens (tertiary/aromatic N) is 1. The van der Waals surface area contributed by atoms with Crippen molar-refractivity contribution >= 4 is 5.57 Å². The number of hydrogen-bond acceptors (Lipinski definition) is 1. The first kappa shape index (κ1) is 8.24. The third-order valence-electron chi connectivity index (χ3n) is 2.45. The number of allylic oxidation sites excluding steroid dienone is 4. The van der Waals surface area contributed by atoms with Crippen LogP contribution in [0.3, 0.4) is 0 Å². The van der Waals surface area contributed by atoms with Crippen LogP contribution in [-0.4, -0.2) is 4.98 Å². The van der Waals surface area contributed by atoms with Gasteiger partial charge in [-0.1, -0.05) is 18.2 Å². The second-order valence-corrected chi connectivity index (χ2v) is 3.30. The van der Waals surface area contributed by atoms with E-state index in [1.165, 1.54) is 22.4 Å². The van der Waals surface area contributed by atoms with Gasteiger partial charge in [-0.15, -0.1) is 0 Å². The minimum Gasteiger partial charge on any atom is -0.260 e. The van der Waals surface area contributed by atoms with Crippen molar-refractivity contribution in [3.05, 3.63) is 47.3 Å². The molecule has 0 N–H and O–H groups in total. The van der Waals surface area contributed by atoms with Gasteiger partial charge in [0.1, 0.15) is 0 Å². The largest absolute Gasteiger partial charge is 0.260 e. The SMILES string of the molecule is C/C=C1/C=CCc2nccc(C)c21. The van der Waals surface area contributed by atoms with Crippen LogP contribution in [0.25, 0.3) is 5.57 Å². The summed E-state index contributed by atoms with van der Waals surface area (Å²) < 4.78 is 0. The van der Waals surface area contributed by atoms with Crippen LogP contribution in [0.2, 0.25) is 0 Å². The van der Waals surface area contributed by atoms with Gasteiger partial charge in [-0.25, -0.2) is 0 Å². The number of fused-ring (bicyclic) bond motifs is 1. The predicted octanol–water partition coefficient (Wildman–Crippen LogP) is 2.91. The van der Waals surface area contributed by atoms with E-state index in [0.29, 0.717) is 0 Å². The second kappa shape index (κ2) is 3.17. The molecule has 1 aliphatic rings. The van der Waals surface area contributed by atoms with E-state index in [1.807, 2.05) is 6.20 Å². The van der Waals surface area contributed by atoms with Crippen molar-refractivity contribution in [2.75, 3.05) is 0 Å². The Morgan fingerprint density at radius 1 is 1.46 bits per heavy atom. The van der Waals surface area contributed by atoms with Crippen LogP contribution in [0.4, 0.5) is 0 Å². The zero-order valence-electron chi connectivity index (χ0n) is 8.04. The Morgan fingerprint density at radius 2 is 2.31 bits per heavy atom. The zero-order valence-corrected chi connectivity index (χ0v) is 8.04. The van der Waals surface area contributed by atoms with E-state index < -0.39 is 0 Å². The van der Waals surface area contributed by atoms with Crippen molar-refractivity contribution in [2.45, 2.75) is 20.3 Å². The summed E-state index contributed by atoms with van der Waals surface area (Å²) in [6.07, 6.45) is 9.35. The fourth-order valence-corrected chi connectivity index (χ4v) is 1.78. The van der Waals surface area contributed by atoms with Gasteiger partial charge < -0.3 is 0 Å². The molecule has 1 aromatic heterocycles. The van der Waals surface area contributed by atoms with Gasteiger partial charge in [0.25, 0.3) is 0 Å². The lowest BCUT2D eigenvalue weighted by molar-refractivity contribution is 1.07. The highest BCUT2D eigenvalue weighted by Gasteiger charge is 2.11. The molecule has 0 spiro atoms. The Morgan fingerprint density at radius 3 is 3.08 bits per heavy atom. The van der Waals surface area contributed by atoms with Crippen molar-refractivity contribution in [3.63, 3.8) is 0 Å². The van der Waals surface area contributed by atoms with Gasteiger partial charge in [0.2, 0.25) is 0 Å². The summed E-state index contributed by atoms with van der Waals surface area (Å²) in [6.45, 7) is 4.21. The van der Waals surface area contributed by atoms with Crippen molar-refractivity contribution in [3.8, 4) is 0 Å². The summed E-state index contributed by atoms with van der Waals surface area (Å²) in [5.41, 5.74) is 5.15. The third kappa shape index (κ3) is 1.31. The molecule has 0 saturated carbocycles. The molecular formula is C12H13N. The molecule has 0 radical (unpaired) electrons. The van der Waals surface area contributed by atoms with Crippen molar-refractivity contribution < 1.29 is 0 Å². The molecule has 0 atom stereocenters. The topological polar surface area (TPSA) is 12.9 Å². The standard InChI is InChI=1S/C12H13N/c1-3-10-5-4-6-11-12(10)9(2)7-8-13-11/h3-5,7-8H,6H2,1-2H3/b10-3-. The maximum Gasteiger partial charge on any atom is 0.0522 e. The first-order chi connectivity index (χ1) is 6.33. The molecule has 0 fully saturated rings. The Hall–Kier alpha value is -1.37. The Kier molecular flexibility index (Phi) is 2.01. The molecule has 2 rings (SSSR count). The molecule has 66 valence electrons. The molecule has 1 nitrogen and oxygen atoms in total. The lowest BCUT2D eigenvalue weighted by atomic mass is 9.93. The van der Waals surface area contributed by atoms with Gasteiger partial charge in [-0.3, -0.25) is 4.98 Å². The van der Waals surface area contributed by atoms with Crippen LogP contribution in [-0.2, 0) is 6.42 Å². The number of rotatable bonds is 0. The first-order valence-electron chi connectivity index (χ1n) is 4.60. The van der Waals surface area contributed by atoms with E-state index in [-0.39, 0.29) is 0 Å². The predicted molar refractivity (Wildman–Crippen MR) is 55.5 cm³/mol. The highest BCUT2D eigenvalue weighted by molar-refractivity contribution is 5.78. The minimum absolute atomic E-state index is 0.967. The average Bonchev–Trinajstić information content (AvgIpc) is 2.17. The molecule has 13 heavy (non-hydrogen) atoms. The third-order valence-corrected chi connectivity index (χ3v) is 2.45. The number of aryl methyl sites for hydroxylation is 1. The molecule has 1 heterocycles. The monoisotopic (exact) mass is 171 g/mol. The second-order valence-electron chi connectivity index (χ2n) is 3.30. The molecule has 0 saturated heterocycles. The van der Waals surface area contributed by atoms with Gasteiger partial charge >= 0.3 is 0 Å². The fourth-order valence-electron chi connectivity index (χ4n) is 1.78. The van der Waals surface area contributed by atoms with E-state index in [2.05, 4.69) is 43.1 Å². The van der Waals surface area contributed by atoms with Crippen LogP contribution in [0, 0.1) is 6.92 Å². The molecule has 0 aromatic carbocycles. The molecule has 0 aliphatic heterocycles. The summed E-state index contributed by atoms with van der Waals surface area (Å²) in [7, 11) is 0. The highest BCUT2D eigenvalue weighted by atomic mass is 14.7. The summed E-state index contributed by atoms with van der Waals surface area (Å²) in [5.74, 6) is 0. The summed E-state index contributed by atoms with van der Waals surface area (Å²) in [6, 6.07) is 2.07. The van der Waals surface area contributed by atoms with E-state index in [0.717, 1.165) is 6.42 Å². The van der Waals surface area contributed by atoms with Crippen molar-refractivity contribution in [2.24, 2.45) is 0 Å². The maximum atomic E-state index is 4.39. The van der Waals surface area contributed by atoms with Gasteiger partial charge in [0.15, 0.2) is 0 Å². The van der Waals surface area contributed by atoms with Gasteiger partial charge in [-0.05, 0) is 31.1 Å². The van der Waals surface area contributed by atoms with Crippen molar-refractivity contribution in [1.82, 2.24) is 4.98 Å². The molecule has 0 unspecified atom stereocenters. The van der Waals surface area contributed by atoms with Gasteiger partial charge in [-0.2, -0.15) is 0 Å². The van der Waals surface area contributed by atoms with E-state index >= 15 is 0 Å². The molecule has 0 amide bonds. The molecule has 1 heteroatoms. The number of aromatic nitrogens is 1. The summed E-state index contributed by atoms with van der Waals surface area (Å²) in [5, 5.41) is 0. The Balaban J connectivity index is 2.66. The van der Waals surface area contributed by atoms with Crippen molar-refractivity contribution in [1.29, 1.82) is 0 Å². The smallest absolute Gasteiger partial charge is 0.0522 e. The van der Waals surface area contributed by atoms with Crippen LogP contribution >= 0.6 is 0 Å². The highest BCUT2D eigenvalue weighted by Crippen LogP contribution is 2.26. The molecular weight excluding hydrogens is 158 g/mol. The molecule has 1 aromatic rings. The number of hydrogen-bond donors (Lipinski definition) is 0. The summed E-state index contributed by atoms with van der Waals surface area (Å²) >= 11 is 0. The van der Waals surface area contributed by atoms with Crippen LogP contribution in [0.1, 0.15) is 23.7 Å². The maximum absolute atomic E-state index is 4.39. The fraction of sp³-hybridized carbons (Fsp3) is 0.250. The lowest BCUT2D eigenvalue weighted by Crippen LogP contribution is -2.01. The van der Waals surface area contributed by atoms with E-state index in [9.17, 15) is 0 Å². The molecule has 1 aliphatic carbocycles. The van der Waals surface area contributed by atoms with Gasteiger partial charge in [0.05, 0.1) is 5.69 Å². The Labute approximate surface area is 78.8 Å². The minimum atomic E-state index is 0.967. The first-order valence-corrected chi connectivity index (χ1v) is 4.60. The van der Waals surface area contributed by atoms with Crippen LogP contribution in [0.5, 0.6) is 0 Å². The quantitative estimate of drug-likeness (QED) is 0.585.